The van der Waals surface area contributed by atoms with Gasteiger partial charge >= 0.3 is 12.1 Å². The molecule has 0 spiro atoms. The lowest BCUT2D eigenvalue weighted by Gasteiger charge is -2.32. The summed E-state index contributed by atoms with van der Waals surface area (Å²) in [5.74, 6) is -0.829. The van der Waals surface area contributed by atoms with Crippen molar-refractivity contribution >= 4 is 12.1 Å². The molecular weight excluding hydrogens is 308 g/mol. The first-order valence-corrected chi connectivity index (χ1v) is 8.40. The van der Waals surface area contributed by atoms with Gasteiger partial charge in [0.15, 0.2) is 0 Å². The molecule has 24 heavy (non-hydrogen) atoms. The summed E-state index contributed by atoms with van der Waals surface area (Å²) in [6, 6.07) is 9.64. The molecule has 0 unspecified atom stereocenters. The number of ether oxygens (including phenoxy) is 1. The zero-order valence-corrected chi connectivity index (χ0v) is 14.4. The van der Waals surface area contributed by atoms with Gasteiger partial charge in [0.1, 0.15) is 6.61 Å². The highest BCUT2D eigenvalue weighted by atomic mass is 16.6. The van der Waals surface area contributed by atoms with Crippen LogP contribution in [0.25, 0.3) is 0 Å². The lowest BCUT2D eigenvalue weighted by Crippen LogP contribution is -2.47. The molecule has 0 saturated carbocycles. The minimum absolute atomic E-state index is 0.000511. The summed E-state index contributed by atoms with van der Waals surface area (Å²) in [4.78, 5) is 27.0. The second-order valence-electron chi connectivity index (χ2n) is 6.45. The molecule has 1 atom stereocenters. The predicted molar refractivity (Wildman–Crippen MR) is 90.7 cm³/mol. The Bertz CT molecular complexity index is 547. The fourth-order valence-corrected chi connectivity index (χ4v) is 3.01. The normalized spacial score (nSPS) is 17.9. The van der Waals surface area contributed by atoms with Gasteiger partial charge in [-0.3, -0.25) is 9.69 Å². The Morgan fingerprint density at radius 1 is 1.33 bits per heavy atom. The van der Waals surface area contributed by atoms with Gasteiger partial charge in [-0.1, -0.05) is 30.3 Å². The minimum atomic E-state index is -0.829. The van der Waals surface area contributed by atoms with Crippen LogP contribution in [0.1, 0.15) is 32.3 Å². The first-order valence-electron chi connectivity index (χ1n) is 8.40. The molecule has 6 nitrogen and oxygen atoms in total. The molecule has 1 amide bonds. The molecule has 0 radical (unpaired) electrons. The third-order valence-electron chi connectivity index (χ3n) is 4.31. The van der Waals surface area contributed by atoms with Crippen LogP contribution < -0.4 is 0 Å². The Hall–Kier alpha value is -2.08. The van der Waals surface area contributed by atoms with E-state index in [4.69, 9.17) is 9.84 Å². The van der Waals surface area contributed by atoms with E-state index in [2.05, 4.69) is 0 Å². The number of amides is 1. The van der Waals surface area contributed by atoms with Crippen LogP contribution in [0, 0.1) is 0 Å². The standard InChI is InChI=1S/C18H26N2O4/c1-14(2)20(11-16-9-6-10-19(16)12-17(21)22)18(23)24-13-15-7-4-3-5-8-15/h3-5,7-8,14,16H,6,9-13H2,1-2H3,(H,21,22)/t16-/m1/s1. The topological polar surface area (TPSA) is 70.1 Å². The summed E-state index contributed by atoms with van der Waals surface area (Å²) in [6.45, 7) is 5.42. The lowest BCUT2D eigenvalue weighted by atomic mass is 10.2. The molecule has 1 N–H and O–H groups in total. The Morgan fingerprint density at radius 2 is 2.04 bits per heavy atom. The van der Waals surface area contributed by atoms with Gasteiger partial charge in [-0.05, 0) is 38.8 Å². The summed E-state index contributed by atoms with van der Waals surface area (Å²) in [5, 5.41) is 9.01. The van der Waals surface area contributed by atoms with Gasteiger partial charge in [0, 0.05) is 18.6 Å². The van der Waals surface area contributed by atoms with Gasteiger partial charge < -0.3 is 14.7 Å². The van der Waals surface area contributed by atoms with Gasteiger partial charge in [0.2, 0.25) is 0 Å². The summed E-state index contributed by atoms with van der Waals surface area (Å²) in [7, 11) is 0. The van der Waals surface area contributed by atoms with E-state index >= 15 is 0 Å². The number of likely N-dealkylation sites (tertiary alicyclic amines) is 1. The average Bonchev–Trinajstić information content (AvgIpc) is 2.97. The predicted octanol–water partition coefficient (Wildman–Crippen LogP) is 2.58. The molecule has 1 aliphatic heterocycles. The van der Waals surface area contributed by atoms with Gasteiger partial charge in [0.05, 0.1) is 6.54 Å². The fraction of sp³-hybridized carbons (Fsp3) is 0.556. The highest BCUT2D eigenvalue weighted by molar-refractivity contribution is 5.69. The van der Waals surface area contributed by atoms with Crippen LogP contribution in [0.15, 0.2) is 30.3 Å². The van der Waals surface area contributed by atoms with Crippen LogP contribution >= 0.6 is 0 Å². The van der Waals surface area contributed by atoms with Gasteiger partial charge in [-0.15, -0.1) is 0 Å². The van der Waals surface area contributed by atoms with E-state index in [-0.39, 0.29) is 31.3 Å². The van der Waals surface area contributed by atoms with Crippen LogP contribution in [0.3, 0.4) is 0 Å². The van der Waals surface area contributed by atoms with Crippen LogP contribution in [-0.4, -0.2) is 58.7 Å². The van der Waals surface area contributed by atoms with Crippen LogP contribution in [-0.2, 0) is 16.1 Å². The minimum Gasteiger partial charge on any atom is -0.480 e. The summed E-state index contributed by atoms with van der Waals surface area (Å²) in [6.07, 6.45) is 1.52. The number of aliphatic carboxylic acids is 1. The number of carboxylic acid groups (broad SMARTS) is 1. The number of nitrogens with zero attached hydrogens (tertiary/aromatic N) is 2. The first-order chi connectivity index (χ1) is 11.5. The summed E-state index contributed by atoms with van der Waals surface area (Å²) >= 11 is 0. The third-order valence-corrected chi connectivity index (χ3v) is 4.31. The Labute approximate surface area is 143 Å². The molecule has 2 rings (SSSR count). The van der Waals surface area contributed by atoms with Crippen LogP contribution in [0.2, 0.25) is 0 Å². The fourth-order valence-electron chi connectivity index (χ4n) is 3.01. The zero-order chi connectivity index (χ0) is 17.5. The van der Waals surface area contributed by atoms with E-state index in [9.17, 15) is 9.59 Å². The molecule has 0 aromatic heterocycles. The number of hydrogen-bond donors (Lipinski definition) is 1. The molecule has 0 aliphatic carbocycles. The van der Waals surface area contributed by atoms with Crippen molar-refractivity contribution in [3.8, 4) is 0 Å². The second-order valence-corrected chi connectivity index (χ2v) is 6.45. The van der Waals surface area contributed by atoms with Crippen LogP contribution in [0.4, 0.5) is 4.79 Å². The van der Waals surface area contributed by atoms with Crippen molar-refractivity contribution in [1.29, 1.82) is 0 Å². The maximum absolute atomic E-state index is 12.4. The SMILES string of the molecule is CC(C)N(C[C@H]1CCCN1CC(=O)O)C(=O)OCc1ccccc1. The average molecular weight is 334 g/mol. The lowest BCUT2D eigenvalue weighted by molar-refractivity contribution is -0.138. The maximum atomic E-state index is 12.4. The van der Waals surface area contributed by atoms with E-state index in [1.807, 2.05) is 49.1 Å². The van der Waals surface area contributed by atoms with Crippen molar-refractivity contribution in [3.63, 3.8) is 0 Å². The maximum Gasteiger partial charge on any atom is 0.410 e. The van der Waals surface area contributed by atoms with E-state index in [0.29, 0.717) is 6.54 Å². The van der Waals surface area contributed by atoms with Gasteiger partial charge in [-0.25, -0.2) is 4.79 Å². The van der Waals surface area contributed by atoms with Crippen molar-refractivity contribution in [2.75, 3.05) is 19.6 Å². The monoisotopic (exact) mass is 334 g/mol. The molecule has 1 saturated heterocycles. The molecule has 1 heterocycles. The molecule has 1 fully saturated rings. The quantitative estimate of drug-likeness (QED) is 0.830. The molecule has 0 bridgehead atoms. The molecular formula is C18H26N2O4. The van der Waals surface area contributed by atoms with Gasteiger partial charge in [-0.2, -0.15) is 0 Å². The number of benzene rings is 1. The second kappa shape index (κ2) is 8.68. The number of carbonyl (C=O) groups is 2. The zero-order valence-electron chi connectivity index (χ0n) is 14.4. The molecule has 6 heteroatoms. The summed E-state index contributed by atoms with van der Waals surface area (Å²) in [5.41, 5.74) is 0.947. The Balaban J connectivity index is 1.93. The smallest absolute Gasteiger partial charge is 0.410 e. The molecule has 1 aliphatic rings. The molecule has 1 aromatic rings. The van der Waals surface area contributed by atoms with Crippen LogP contribution in [0.5, 0.6) is 0 Å². The van der Waals surface area contributed by atoms with Crippen molar-refractivity contribution in [2.24, 2.45) is 0 Å². The van der Waals surface area contributed by atoms with Crippen molar-refractivity contribution in [3.05, 3.63) is 35.9 Å². The Morgan fingerprint density at radius 3 is 2.67 bits per heavy atom. The summed E-state index contributed by atoms with van der Waals surface area (Å²) < 4.78 is 5.43. The third kappa shape index (κ3) is 5.23. The van der Waals surface area contributed by atoms with Crippen molar-refractivity contribution in [2.45, 2.75) is 45.4 Å². The van der Waals surface area contributed by atoms with E-state index in [0.717, 1.165) is 24.9 Å². The van der Waals surface area contributed by atoms with E-state index < -0.39 is 5.97 Å². The number of carboxylic acids is 1. The molecule has 132 valence electrons. The van der Waals surface area contributed by atoms with E-state index in [1.54, 1.807) is 4.90 Å². The van der Waals surface area contributed by atoms with Gasteiger partial charge in [0.25, 0.3) is 0 Å². The first kappa shape index (κ1) is 18.3. The molecule has 1 aromatic carbocycles. The van der Waals surface area contributed by atoms with Crippen molar-refractivity contribution in [1.82, 2.24) is 9.80 Å². The highest BCUT2D eigenvalue weighted by Gasteiger charge is 2.30. The van der Waals surface area contributed by atoms with Crippen molar-refractivity contribution < 1.29 is 19.4 Å². The van der Waals surface area contributed by atoms with E-state index in [1.165, 1.54) is 0 Å². The Kier molecular flexibility index (Phi) is 6.61. The largest absolute Gasteiger partial charge is 0.480 e. The number of hydrogen-bond acceptors (Lipinski definition) is 4. The number of carbonyl (C=O) groups excluding carboxylic acids is 1. The highest BCUT2D eigenvalue weighted by Crippen LogP contribution is 2.19. The number of rotatable bonds is 7.